The Morgan fingerprint density at radius 2 is 2.14 bits per heavy atom. The second kappa shape index (κ2) is 7.47. The number of nitrogens with zero attached hydrogens (tertiary/aromatic N) is 2. The molecule has 3 aromatic rings. The van der Waals surface area contributed by atoms with Gasteiger partial charge in [0.2, 0.25) is 11.7 Å². The molecule has 2 aromatic heterocycles. The number of aryl methyl sites for hydroxylation is 1. The van der Waals surface area contributed by atoms with Crippen LogP contribution in [0.4, 0.5) is 0 Å². The van der Waals surface area contributed by atoms with Crippen molar-refractivity contribution in [1.82, 2.24) is 10.1 Å². The van der Waals surface area contributed by atoms with Gasteiger partial charge in [-0.3, -0.25) is 0 Å². The van der Waals surface area contributed by atoms with Crippen LogP contribution in [-0.2, 0) is 5.75 Å². The molecule has 0 N–H and O–H groups in total. The van der Waals surface area contributed by atoms with E-state index in [1.807, 2.05) is 48.7 Å². The Kier molecular flexibility index (Phi) is 5.13. The topological polar surface area (TPSA) is 48.2 Å². The molecule has 0 saturated carbocycles. The molecule has 0 aliphatic carbocycles. The van der Waals surface area contributed by atoms with Crippen molar-refractivity contribution in [2.24, 2.45) is 0 Å². The lowest BCUT2D eigenvalue weighted by molar-refractivity contribution is 0.341. The van der Waals surface area contributed by atoms with Crippen LogP contribution in [0.2, 0.25) is 0 Å². The van der Waals surface area contributed by atoms with Crippen LogP contribution >= 0.6 is 23.1 Å². The van der Waals surface area contributed by atoms with Crippen LogP contribution in [-0.4, -0.2) is 22.5 Å². The highest BCUT2D eigenvalue weighted by Crippen LogP contribution is 2.22. The fraction of sp³-hybridized carbons (Fsp3) is 0.250. The first-order chi connectivity index (χ1) is 10.8. The Balaban J connectivity index is 1.41. The molecule has 0 atom stereocenters. The first kappa shape index (κ1) is 15.1. The molecule has 6 heteroatoms. The molecule has 3 rings (SSSR count). The van der Waals surface area contributed by atoms with Crippen molar-refractivity contribution >= 4 is 23.1 Å². The molecule has 2 heterocycles. The molecule has 0 radical (unpaired) electrons. The summed E-state index contributed by atoms with van der Waals surface area (Å²) in [5, 5.41) is 6.00. The fourth-order valence-corrected chi connectivity index (χ4v) is 3.19. The summed E-state index contributed by atoms with van der Waals surface area (Å²) >= 11 is 3.33. The van der Waals surface area contributed by atoms with Crippen molar-refractivity contribution in [2.45, 2.75) is 12.7 Å². The molecule has 0 fully saturated rings. The predicted molar refractivity (Wildman–Crippen MR) is 90.4 cm³/mol. The molecule has 4 nitrogen and oxygen atoms in total. The van der Waals surface area contributed by atoms with E-state index in [1.54, 1.807) is 23.1 Å². The smallest absolute Gasteiger partial charge is 0.236 e. The zero-order valence-electron chi connectivity index (χ0n) is 12.2. The van der Waals surface area contributed by atoms with E-state index in [2.05, 4.69) is 10.1 Å². The number of thiophene rings is 1. The van der Waals surface area contributed by atoms with E-state index in [0.717, 1.165) is 21.9 Å². The van der Waals surface area contributed by atoms with E-state index in [1.165, 1.54) is 0 Å². The highest BCUT2D eigenvalue weighted by atomic mass is 32.2. The normalized spacial score (nSPS) is 10.8. The van der Waals surface area contributed by atoms with Gasteiger partial charge in [-0.05, 0) is 30.0 Å². The van der Waals surface area contributed by atoms with E-state index in [4.69, 9.17) is 9.26 Å². The van der Waals surface area contributed by atoms with Gasteiger partial charge in [0.25, 0.3) is 0 Å². The SMILES string of the molecule is Cc1ccccc1OCCSCc1nc(-c2cccs2)no1. The molecular formula is C16H16N2O2S2. The predicted octanol–water partition coefficient (Wildman–Crippen LogP) is 4.42. The summed E-state index contributed by atoms with van der Waals surface area (Å²) in [6.45, 7) is 2.72. The van der Waals surface area contributed by atoms with Gasteiger partial charge in [0.05, 0.1) is 17.2 Å². The molecule has 114 valence electrons. The molecule has 22 heavy (non-hydrogen) atoms. The Morgan fingerprint density at radius 1 is 1.23 bits per heavy atom. The molecule has 0 saturated heterocycles. The molecule has 0 aliphatic rings. The third-order valence-electron chi connectivity index (χ3n) is 3.01. The second-order valence-electron chi connectivity index (χ2n) is 4.66. The largest absolute Gasteiger partial charge is 0.492 e. The average molecular weight is 332 g/mol. The number of ether oxygens (including phenoxy) is 1. The lowest BCUT2D eigenvalue weighted by atomic mass is 10.2. The van der Waals surface area contributed by atoms with E-state index in [0.29, 0.717) is 24.1 Å². The lowest BCUT2D eigenvalue weighted by Gasteiger charge is -2.07. The number of aromatic nitrogens is 2. The van der Waals surface area contributed by atoms with Crippen LogP contribution < -0.4 is 4.74 Å². The van der Waals surface area contributed by atoms with Gasteiger partial charge in [0.15, 0.2) is 0 Å². The van der Waals surface area contributed by atoms with Crippen molar-refractivity contribution in [3.8, 4) is 16.5 Å². The quantitative estimate of drug-likeness (QED) is 0.599. The van der Waals surface area contributed by atoms with Gasteiger partial charge in [-0.2, -0.15) is 4.98 Å². The van der Waals surface area contributed by atoms with Gasteiger partial charge in [0, 0.05) is 5.75 Å². The van der Waals surface area contributed by atoms with Crippen LogP contribution in [0.1, 0.15) is 11.5 Å². The number of hydrogen-bond acceptors (Lipinski definition) is 6. The van der Waals surface area contributed by atoms with Gasteiger partial charge in [-0.1, -0.05) is 29.4 Å². The Hall–Kier alpha value is -1.79. The third kappa shape index (κ3) is 3.90. The standard InChI is InChI=1S/C16H16N2O2S2/c1-12-5-2-3-6-13(12)19-8-10-21-11-15-17-16(18-20-15)14-7-4-9-22-14/h2-7,9H,8,10-11H2,1H3. The molecule has 0 unspecified atom stereocenters. The Morgan fingerprint density at radius 3 is 2.95 bits per heavy atom. The molecule has 0 aliphatic heterocycles. The minimum absolute atomic E-state index is 0.657. The zero-order valence-corrected chi connectivity index (χ0v) is 13.8. The monoisotopic (exact) mass is 332 g/mol. The first-order valence-electron chi connectivity index (χ1n) is 6.95. The number of hydrogen-bond donors (Lipinski definition) is 0. The Labute approximate surface area is 137 Å². The molecule has 0 bridgehead atoms. The van der Waals surface area contributed by atoms with Gasteiger partial charge < -0.3 is 9.26 Å². The van der Waals surface area contributed by atoms with Crippen molar-refractivity contribution in [3.05, 3.63) is 53.2 Å². The fourth-order valence-electron chi connectivity index (χ4n) is 1.91. The van der Waals surface area contributed by atoms with E-state index in [-0.39, 0.29) is 0 Å². The minimum atomic E-state index is 0.657. The van der Waals surface area contributed by atoms with Crippen molar-refractivity contribution < 1.29 is 9.26 Å². The van der Waals surface area contributed by atoms with E-state index in [9.17, 15) is 0 Å². The summed E-state index contributed by atoms with van der Waals surface area (Å²) in [4.78, 5) is 5.42. The summed E-state index contributed by atoms with van der Waals surface area (Å²) in [6, 6.07) is 12.0. The number of benzene rings is 1. The Bertz CT molecular complexity index is 711. The second-order valence-corrected chi connectivity index (χ2v) is 6.71. The minimum Gasteiger partial charge on any atom is -0.492 e. The van der Waals surface area contributed by atoms with Crippen LogP contribution in [0.3, 0.4) is 0 Å². The van der Waals surface area contributed by atoms with Crippen LogP contribution in [0.15, 0.2) is 46.3 Å². The summed E-state index contributed by atoms with van der Waals surface area (Å²) < 4.78 is 11.0. The maximum atomic E-state index is 5.75. The highest BCUT2D eigenvalue weighted by molar-refractivity contribution is 7.98. The average Bonchev–Trinajstić information content (AvgIpc) is 3.19. The summed E-state index contributed by atoms with van der Waals surface area (Å²) in [6.07, 6.45) is 0. The highest BCUT2D eigenvalue weighted by Gasteiger charge is 2.09. The summed E-state index contributed by atoms with van der Waals surface area (Å²) in [5.74, 6) is 3.85. The number of rotatable bonds is 7. The van der Waals surface area contributed by atoms with Gasteiger partial charge in [0.1, 0.15) is 5.75 Å². The molecule has 1 aromatic carbocycles. The van der Waals surface area contributed by atoms with Crippen LogP contribution in [0.25, 0.3) is 10.7 Å². The van der Waals surface area contributed by atoms with Crippen molar-refractivity contribution in [3.63, 3.8) is 0 Å². The van der Waals surface area contributed by atoms with E-state index >= 15 is 0 Å². The number of thioether (sulfide) groups is 1. The number of para-hydroxylation sites is 1. The molecular weight excluding hydrogens is 316 g/mol. The van der Waals surface area contributed by atoms with Gasteiger partial charge >= 0.3 is 0 Å². The van der Waals surface area contributed by atoms with E-state index < -0.39 is 0 Å². The summed E-state index contributed by atoms with van der Waals surface area (Å²) in [7, 11) is 0. The first-order valence-corrected chi connectivity index (χ1v) is 8.99. The molecule has 0 spiro atoms. The van der Waals surface area contributed by atoms with Gasteiger partial charge in [-0.25, -0.2) is 0 Å². The zero-order chi connectivity index (χ0) is 15.2. The maximum absolute atomic E-state index is 5.75. The summed E-state index contributed by atoms with van der Waals surface area (Å²) in [5.41, 5.74) is 1.16. The van der Waals surface area contributed by atoms with Crippen LogP contribution in [0, 0.1) is 6.92 Å². The van der Waals surface area contributed by atoms with Crippen LogP contribution in [0.5, 0.6) is 5.75 Å². The van der Waals surface area contributed by atoms with Crippen molar-refractivity contribution in [1.29, 1.82) is 0 Å². The third-order valence-corrected chi connectivity index (χ3v) is 4.79. The lowest BCUT2D eigenvalue weighted by Crippen LogP contribution is -2.01. The van der Waals surface area contributed by atoms with Gasteiger partial charge in [-0.15, -0.1) is 23.1 Å². The molecule has 0 amide bonds. The maximum Gasteiger partial charge on any atom is 0.236 e. The van der Waals surface area contributed by atoms with Crippen molar-refractivity contribution in [2.75, 3.05) is 12.4 Å².